The van der Waals surface area contributed by atoms with Gasteiger partial charge in [0.1, 0.15) is 18.7 Å². The van der Waals surface area contributed by atoms with Gasteiger partial charge in [-0.25, -0.2) is 4.79 Å². The van der Waals surface area contributed by atoms with Gasteiger partial charge in [-0.15, -0.1) is 0 Å². The first-order valence-corrected chi connectivity index (χ1v) is 10.4. The van der Waals surface area contributed by atoms with Crippen LogP contribution < -0.4 is 16.0 Å². The minimum Gasteiger partial charge on any atom is -0.447 e. The number of hydrogen-bond acceptors (Lipinski definition) is 8. The van der Waals surface area contributed by atoms with Crippen molar-refractivity contribution >= 4 is 23.7 Å². The SMILES string of the molecule is COCCOCCOC(=O)NC(C(=O)NC1Cc2cc(ccn2)CNC(=O)C1=O)C(C)C. The molecule has 0 aliphatic carbocycles. The summed E-state index contributed by atoms with van der Waals surface area (Å²) in [6, 6.07) is 1.42. The zero-order chi connectivity index (χ0) is 23.5. The lowest BCUT2D eigenvalue weighted by Crippen LogP contribution is -2.56. The Bertz CT molecular complexity index is 815. The number of pyridine rings is 1. The van der Waals surface area contributed by atoms with Crippen LogP contribution in [0.4, 0.5) is 4.79 Å². The fourth-order valence-electron chi connectivity index (χ4n) is 3.00. The predicted octanol–water partition coefficient (Wildman–Crippen LogP) is -0.278. The molecule has 0 saturated heterocycles. The Morgan fingerprint density at radius 1 is 1.22 bits per heavy atom. The van der Waals surface area contributed by atoms with Crippen LogP contribution in [0.1, 0.15) is 25.1 Å². The van der Waals surface area contributed by atoms with Crippen LogP contribution in [-0.2, 0) is 41.6 Å². The molecule has 2 rings (SSSR count). The number of methoxy groups -OCH3 is 1. The van der Waals surface area contributed by atoms with Gasteiger partial charge in [-0.1, -0.05) is 13.8 Å². The number of Topliss-reactive ketones (excluding diaryl/α,β-unsaturated/α-hetero) is 1. The number of fused-ring (bicyclic) bond motifs is 2. The molecule has 11 heteroatoms. The van der Waals surface area contributed by atoms with E-state index in [2.05, 4.69) is 20.9 Å². The molecule has 1 aliphatic heterocycles. The summed E-state index contributed by atoms with van der Waals surface area (Å²) in [5.74, 6) is -2.47. The quantitative estimate of drug-likeness (QED) is 0.326. The monoisotopic (exact) mass is 450 g/mol. The summed E-state index contributed by atoms with van der Waals surface area (Å²) in [4.78, 5) is 53.9. The molecule has 11 nitrogen and oxygen atoms in total. The lowest BCUT2D eigenvalue weighted by Gasteiger charge is -2.24. The average Bonchev–Trinajstić information content (AvgIpc) is 2.79. The number of aromatic nitrogens is 1. The maximum atomic E-state index is 12.9. The van der Waals surface area contributed by atoms with Gasteiger partial charge in [0.05, 0.1) is 19.8 Å². The molecule has 32 heavy (non-hydrogen) atoms. The van der Waals surface area contributed by atoms with E-state index in [4.69, 9.17) is 14.2 Å². The Hall–Kier alpha value is -3.05. The first-order chi connectivity index (χ1) is 15.3. The highest BCUT2D eigenvalue weighted by Crippen LogP contribution is 2.10. The number of nitrogens with one attached hydrogen (secondary N) is 3. The van der Waals surface area contributed by atoms with Crippen molar-refractivity contribution in [3.8, 4) is 0 Å². The van der Waals surface area contributed by atoms with E-state index < -0.39 is 35.8 Å². The molecule has 1 aliphatic rings. The van der Waals surface area contributed by atoms with Crippen LogP contribution in [0.2, 0.25) is 0 Å². The zero-order valence-corrected chi connectivity index (χ0v) is 18.5. The number of nitrogens with zero attached hydrogens (tertiary/aromatic N) is 1. The summed E-state index contributed by atoms with van der Waals surface area (Å²) in [7, 11) is 1.55. The van der Waals surface area contributed by atoms with Gasteiger partial charge in [0, 0.05) is 32.0 Å². The van der Waals surface area contributed by atoms with E-state index in [0.717, 1.165) is 5.56 Å². The Morgan fingerprint density at radius 2 is 1.97 bits per heavy atom. The highest BCUT2D eigenvalue weighted by Gasteiger charge is 2.32. The molecule has 2 bridgehead atoms. The van der Waals surface area contributed by atoms with Crippen LogP contribution in [0.15, 0.2) is 18.3 Å². The van der Waals surface area contributed by atoms with Crippen molar-refractivity contribution in [3.63, 3.8) is 0 Å². The summed E-state index contributed by atoms with van der Waals surface area (Å²) in [5, 5.41) is 7.62. The lowest BCUT2D eigenvalue weighted by atomic mass is 10.0. The molecule has 0 aromatic carbocycles. The lowest BCUT2D eigenvalue weighted by molar-refractivity contribution is -0.140. The minimum atomic E-state index is -1.11. The van der Waals surface area contributed by atoms with Crippen LogP contribution in [0.25, 0.3) is 0 Å². The molecule has 1 aromatic heterocycles. The van der Waals surface area contributed by atoms with Crippen LogP contribution in [-0.4, -0.2) is 74.3 Å². The van der Waals surface area contributed by atoms with Crippen molar-refractivity contribution in [3.05, 3.63) is 29.6 Å². The molecule has 2 unspecified atom stereocenters. The Labute approximate surface area is 186 Å². The van der Waals surface area contributed by atoms with Gasteiger partial charge in [0.15, 0.2) is 0 Å². The molecule has 0 spiro atoms. The molecule has 0 fully saturated rings. The average molecular weight is 450 g/mol. The smallest absolute Gasteiger partial charge is 0.407 e. The van der Waals surface area contributed by atoms with Crippen LogP contribution in [0, 0.1) is 5.92 Å². The van der Waals surface area contributed by atoms with Gasteiger partial charge < -0.3 is 30.2 Å². The molecular weight excluding hydrogens is 420 g/mol. The van der Waals surface area contributed by atoms with Gasteiger partial charge in [-0.2, -0.15) is 0 Å². The second-order valence-corrected chi connectivity index (χ2v) is 7.57. The third kappa shape index (κ3) is 7.89. The number of carbonyl (C=O) groups excluding carboxylic acids is 4. The molecule has 1 aromatic rings. The number of alkyl carbamates (subject to hydrolysis) is 1. The molecular formula is C21H30N4O7. The molecule has 0 radical (unpaired) electrons. The summed E-state index contributed by atoms with van der Waals surface area (Å²) in [6.07, 6.45) is 0.848. The summed E-state index contributed by atoms with van der Waals surface area (Å²) < 4.78 is 15.1. The largest absolute Gasteiger partial charge is 0.447 e. The standard InChI is InChI=1S/C21H30N4O7/c1-13(2)17(25-21(29)32-9-8-31-7-6-30-3)19(27)24-16-11-15-10-14(4-5-22-15)12-23-20(28)18(16)26/h4-5,10,13,16-17H,6-9,11-12H2,1-3H3,(H,23,28)(H,24,27)(H,25,29). The van der Waals surface area contributed by atoms with E-state index in [0.29, 0.717) is 18.9 Å². The number of carbonyl (C=O) groups is 4. The third-order valence-electron chi connectivity index (χ3n) is 4.72. The van der Waals surface area contributed by atoms with E-state index in [1.807, 2.05) is 0 Å². The zero-order valence-electron chi connectivity index (χ0n) is 18.5. The second kappa shape index (κ2) is 12.7. The first-order valence-electron chi connectivity index (χ1n) is 10.4. The van der Waals surface area contributed by atoms with Gasteiger partial charge in [-0.3, -0.25) is 19.4 Å². The van der Waals surface area contributed by atoms with E-state index in [1.54, 1.807) is 39.3 Å². The number of ether oxygens (including phenoxy) is 3. The third-order valence-corrected chi connectivity index (χ3v) is 4.72. The van der Waals surface area contributed by atoms with Crippen molar-refractivity contribution in [2.75, 3.05) is 33.5 Å². The van der Waals surface area contributed by atoms with E-state index in [9.17, 15) is 19.2 Å². The maximum Gasteiger partial charge on any atom is 0.407 e. The van der Waals surface area contributed by atoms with Gasteiger partial charge in [0.25, 0.3) is 5.91 Å². The van der Waals surface area contributed by atoms with Crippen molar-refractivity contribution in [1.82, 2.24) is 20.9 Å². The molecule has 176 valence electrons. The van der Waals surface area contributed by atoms with Gasteiger partial charge in [0.2, 0.25) is 11.7 Å². The number of ketones is 1. The predicted molar refractivity (Wildman–Crippen MR) is 113 cm³/mol. The van der Waals surface area contributed by atoms with Crippen molar-refractivity contribution in [1.29, 1.82) is 0 Å². The molecule has 2 atom stereocenters. The van der Waals surface area contributed by atoms with E-state index >= 15 is 0 Å². The molecule has 3 amide bonds. The maximum absolute atomic E-state index is 12.9. The molecule has 2 heterocycles. The van der Waals surface area contributed by atoms with Crippen molar-refractivity contribution < 1.29 is 33.4 Å². The van der Waals surface area contributed by atoms with Crippen LogP contribution >= 0.6 is 0 Å². The van der Waals surface area contributed by atoms with Gasteiger partial charge in [-0.05, 0) is 23.6 Å². The molecule has 3 N–H and O–H groups in total. The fourth-order valence-corrected chi connectivity index (χ4v) is 3.00. The number of hydrogen-bond donors (Lipinski definition) is 3. The van der Waals surface area contributed by atoms with E-state index in [1.165, 1.54) is 0 Å². The van der Waals surface area contributed by atoms with Gasteiger partial charge >= 0.3 is 6.09 Å². The first kappa shape index (κ1) is 25.2. The van der Waals surface area contributed by atoms with E-state index in [-0.39, 0.29) is 32.1 Å². The summed E-state index contributed by atoms with van der Waals surface area (Å²) in [6.45, 7) is 4.66. The highest BCUT2D eigenvalue weighted by atomic mass is 16.6. The van der Waals surface area contributed by atoms with Crippen molar-refractivity contribution in [2.24, 2.45) is 5.92 Å². The minimum absolute atomic E-state index is 0.00523. The summed E-state index contributed by atoms with van der Waals surface area (Å²) in [5.41, 5.74) is 1.37. The number of amides is 3. The van der Waals surface area contributed by atoms with Crippen LogP contribution in [0.3, 0.4) is 0 Å². The Kier molecular flexibility index (Phi) is 10.0. The second-order valence-electron chi connectivity index (χ2n) is 7.57. The highest BCUT2D eigenvalue weighted by molar-refractivity contribution is 6.38. The number of rotatable bonds is 10. The topological polar surface area (TPSA) is 145 Å². The Morgan fingerprint density at radius 3 is 2.69 bits per heavy atom. The van der Waals surface area contributed by atoms with Crippen LogP contribution in [0.5, 0.6) is 0 Å². The Balaban J connectivity index is 1.97. The fraction of sp³-hybridized carbons (Fsp3) is 0.571. The normalized spacial score (nSPS) is 16.9. The summed E-state index contributed by atoms with van der Waals surface area (Å²) >= 11 is 0. The molecule has 0 saturated carbocycles. The van der Waals surface area contributed by atoms with Crippen molar-refractivity contribution in [2.45, 2.75) is 38.9 Å².